The SMILES string of the molecule is C[C@@H](N)c1cc(Br)ccc1OCC(=O)Nc1ccccc1. The standard InChI is InChI=1S/C16H17BrN2O2/c1-11(18)14-9-12(17)7-8-15(14)21-10-16(20)19-13-5-3-2-4-6-13/h2-9,11H,10,18H2,1H3,(H,19,20)/t11-/m1/s1. The highest BCUT2D eigenvalue weighted by molar-refractivity contribution is 9.10. The van der Waals surface area contributed by atoms with Gasteiger partial charge in [0.1, 0.15) is 5.75 Å². The summed E-state index contributed by atoms with van der Waals surface area (Å²) in [5.41, 5.74) is 7.51. The van der Waals surface area contributed by atoms with Crippen LogP contribution in [0, 0.1) is 0 Å². The van der Waals surface area contributed by atoms with Crippen LogP contribution in [-0.4, -0.2) is 12.5 Å². The zero-order chi connectivity index (χ0) is 15.2. The molecule has 0 aliphatic rings. The quantitative estimate of drug-likeness (QED) is 0.869. The smallest absolute Gasteiger partial charge is 0.262 e. The lowest BCUT2D eigenvalue weighted by Gasteiger charge is -2.14. The Bertz CT molecular complexity index is 615. The maximum absolute atomic E-state index is 11.9. The number of para-hydroxylation sites is 1. The van der Waals surface area contributed by atoms with Gasteiger partial charge in [-0.2, -0.15) is 0 Å². The second-order valence-corrected chi connectivity index (χ2v) is 5.59. The Morgan fingerprint density at radius 1 is 1.29 bits per heavy atom. The third kappa shape index (κ3) is 4.58. The first-order chi connectivity index (χ1) is 10.1. The van der Waals surface area contributed by atoms with Crippen molar-refractivity contribution in [3.63, 3.8) is 0 Å². The van der Waals surface area contributed by atoms with Crippen LogP contribution in [0.4, 0.5) is 5.69 Å². The van der Waals surface area contributed by atoms with E-state index in [4.69, 9.17) is 10.5 Å². The lowest BCUT2D eigenvalue weighted by molar-refractivity contribution is -0.118. The van der Waals surface area contributed by atoms with Gasteiger partial charge in [-0.3, -0.25) is 4.79 Å². The minimum Gasteiger partial charge on any atom is -0.483 e. The summed E-state index contributed by atoms with van der Waals surface area (Å²) in [7, 11) is 0. The van der Waals surface area contributed by atoms with E-state index in [1.165, 1.54) is 0 Å². The molecule has 2 rings (SSSR count). The van der Waals surface area contributed by atoms with Crippen LogP contribution in [0.1, 0.15) is 18.5 Å². The van der Waals surface area contributed by atoms with Crippen LogP contribution >= 0.6 is 15.9 Å². The van der Waals surface area contributed by atoms with Crippen LogP contribution in [0.3, 0.4) is 0 Å². The fourth-order valence-corrected chi connectivity index (χ4v) is 2.25. The zero-order valence-electron chi connectivity index (χ0n) is 11.7. The molecule has 0 bridgehead atoms. The average molecular weight is 349 g/mol. The highest BCUT2D eigenvalue weighted by Gasteiger charge is 2.11. The van der Waals surface area contributed by atoms with Gasteiger partial charge in [-0.15, -0.1) is 0 Å². The molecule has 0 aliphatic carbocycles. The Kier molecular flexibility index (Phi) is 5.36. The molecule has 1 atom stereocenters. The molecule has 0 unspecified atom stereocenters. The van der Waals surface area contributed by atoms with Crippen molar-refractivity contribution in [2.45, 2.75) is 13.0 Å². The molecule has 2 aromatic rings. The van der Waals surface area contributed by atoms with Crippen LogP contribution in [-0.2, 0) is 4.79 Å². The molecule has 0 fully saturated rings. The molecule has 0 radical (unpaired) electrons. The summed E-state index contributed by atoms with van der Waals surface area (Å²) in [5, 5.41) is 2.77. The number of hydrogen-bond donors (Lipinski definition) is 2. The number of anilines is 1. The van der Waals surface area contributed by atoms with Gasteiger partial charge in [0, 0.05) is 21.8 Å². The molecule has 3 N–H and O–H groups in total. The van der Waals surface area contributed by atoms with Gasteiger partial charge in [0.2, 0.25) is 0 Å². The summed E-state index contributed by atoms with van der Waals surface area (Å²) in [6.07, 6.45) is 0. The molecule has 0 aliphatic heterocycles. The first-order valence-corrected chi connectivity index (χ1v) is 7.38. The minimum absolute atomic E-state index is 0.0593. The Morgan fingerprint density at radius 2 is 2.00 bits per heavy atom. The number of carbonyl (C=O) groups is 1. The summed E-state index contributed by atoms with van der Waals surface area (Å²) in [6, 6.07) is 14.6. The molecular weight excluding hydrogens is 332 g/mol. The van der Waals surface area contributed by atoms with E-state index in [1.54, 1.807) is 6.07 Å². The summed E-state index contributed by atoms with van der Waals surface area (Å²) in [5.74, 6) is 0.413. The number of hydrogen-bond acceptors (Lipinski definition) is 3. The number of nitrogens with two attached hydrogens (primary N) is 1. The van der Waals surface area contributed by atoms with Crippen LogP contribution in [0.25, 0.3) is 0 Å². The van der Waals surface area contributed by atoms with E-state index in [2.05, 4.69) is 21.2 Å². The first kappa shape index (κ1) is 15.5. The molecule has 0 saturated heterocycles. The fourth-order valence-electron chi connectivity index (χ4n) is 1.87. The normalized spacial score (nSPS) is 11.8. The number of halogens is 1. The van der Waals surface area contributed by atoms with Gasteiger partial charge in [0.05, 0.1) is 0 Å². The number of ether oxygens (including phenoxy) is 1. The largest absolute Gasteiger partial charge is 0.483 e. The second kappa shape index (κ2) is 7.24. The molecule has 110 valence electrons. The van der Waals surface area contributed by atoms with Gasteiger partial charge < -0.3 is 15.8 Å². The third-order valence-corrected chi connectivity index (χ3v) is 3.37. The van der Waals surface area contributed by atoms with E-state index in [1.807, 2.05) is 49.4 Å². The number of nitrogens with one attached hydrogen (secondary N) is 1. The summed E-state index contributed by atoms with van der Waals surface area (Å²) in [6.45, 7) is 1.81. The number of rotatable bonds is 5. The maximum Gasteiger partial charge on any atom is 0.262 e. The van der Waals surface area contributed by atoms with Crippen molar-refractivity contribution in [1.29, 1.82) is 0 Å². The van der Waals surface area contributed by atoms with Gasteiger partial charge in [0.15, 0.2) is 6.61 Å². The molecule has 0 heterocycles. The predicted molar refractivity (Wildman–Crippen MR) is 87.3 cm³/mol. The lowest BCUT2D eigenvalue weighted by Crippen LogP contribution is -2.21. The van der Waals surface area contributed by atoms with E-state index in [0.29, 0.717) is 5.75 Å². The van der Waals surface area contributed by atoms with Crippen molar-refractivity contribution >= 4 is 27.5 Å². The fraction of sp³-hybridized carbons (Fsp3) is 0.188. The molecule has 0 spiro atoms. The van der Waals surface area contributed by atoms with Gasteiger partial charge in [0.25, 0.3) is 5.91 Å². The highest BCUT2D eigenvalue weighted by atomic mass is 79.9. The van der Waals surface area contributed by atoms with Crippen molar-refractivity contribution < 1.29 is 9.53 Å². The van der Waals surface area contributed by atoms with Gasteiger partial charge in [-0.05, 0) is 37.3 Å². The maximum atomic E-state index is 11.9. The lowest BCUT2D eigenvalue weighted by atomic mass is 10.1. The summed E-state index contributed by atoms with van der Waals surface area (Å²) >= 11 is 3.40. The van der Waals surface area contributed by atoms with E-state index in [9.17, 15) is 4.79 Å². The van der Waals surface area contributed by atoms with Gasteiger partial charge in [-0.1, -0.05) is 34.1 Å². The summed E-state index contributed by atoms with van der Waals surface area (Å²) < 4.78 is 6.50. The Morgan fingerprint density at radius 3 is 2.67 bits per heavy atom. The topological polar surface area (TPSA) is 64.3 Å². The van der Waals surface area contributed by atoms with E-state index in [0.717, 1.165) is 15.7 Å². The Labute approximate surface area is 132 Å². The molecule has 2 aromatic carbocycles. The molecule has 0 saturated carbocycles. The highest BCUT2D eigenvalue weighted by Crippen LogP contribution is 2.27. The first-order valence-electron chi connectivity index (χ1n) is 6.59. The van der Waals surface area contributed by atoms with E-state index in [-0.39, 0.29) is 18.6 Å². The van der Waals surface area contributed by atoms with Crippen molar-refractivity contribution in [1.82, 2.24) is 0 Å². The second-order valence-electron chi connectivity index (χ2n) is 4.67. The number of benzene rings is 2. The van der Waals surface area contributed by atoms with E-state index >= 15 is 0 Å². The van der Waals surface area contributed by atoms with Gasteiger partial charge in [-0.25, -0.2) is 0 Å². The predicted octanol–water partition coefficient (Wildman–Crippen LogP) is 3.49. The number of carbonyl (C=O) groups excluding carboxylic acids is 1. The monoisotopic (exact) mass is 348 g/mol. The van der Waals surface area contributed by atoms with Crippen molar-refractivity contribution in [2.75, 3.05) is 11.9 Å². The third-order valence-electron chi connectivity index (χ3n) is 2.88. The molecule has 5 heteroatoms. The zero-order valence-corrected chi connectivity index (χ0v) is 13.3. The molecule has 21 heavy (non-hydrogen) atoms. The van der Waals surface area contributed by atoms with Crippen LogP contribution in [0.2, 0.25) is 0 Å². The Hall–Kier alpha value is -1.85. The molecule has 0 aromatic heterocycles. The van der Waals surface area contributed by atoms with Crippen molar-refractivity contribution in [2.24, 2.45) is 5.73 Å². The molecular formula is C16H17BrN2O2. The van der Waals surface area contributed by atoms with Crippen LogP contribution in [0.15, 0.2) is 53.0 Å². The average Bonchev–Trinajstić information content (AvgIpc) is 2.47. The van der Waals surface area contributed by atoms with Crippen LogP contribution < -0.4 is 15.8 Å². The summed E-state index contributed by atoms with van der Waals surface area (Å²) in [4.78, 5) is 11.9. The number of amides is 1. The van der Waals surface area contributed by atoms with Crippen molar-refractivity contribution in [3.05, 3.63) is 58.6 Å². The van der Waals surface area contributed by atoms with Crippen LogP contribution in [0.5, 0.6) is 5.75 Å². The molecule has 4 nitrogen and oxygen atoms in total. The minimum atomic E-state index is -0.209. The van der Waals surface area contributed by atoms with Crippen molar-refractivity contribution in [3.8, 4) is 5.75 Å². The Balaban J connectivity index is 1.98. The van der Waals surface area contributed by atoms with E-state index < -0.39 is 0 Å². The molecule has 1 amide bonds. The van der Waals surface area contributed by atoms with Gasteiger partial charge >= 0.3 is 0 Å².